The molecule has 0 spiro atoms. The molecule has 5 nitrogen and oxygen atoms in total. The molecule has 2 amide bonds. The zero-order chi connectivity index (χ0) is 16.2. The van der Waals surface area contributed by atoms with Crippen molar-refractivity contribution in [3.8, 4) is 0 Å². The van der Waals surface area contributed by atoms with Gasteiger partial charge in [-0.2, -0.15) is 0 Å². The Hall–Kier alpha value is -1.59. The largest absolute Gasteiger partial charge is 0.345 e. The molecule has 0 aliphatic heterocycles. The van der Waals surface area contributed by atoms with Gasteiger partial charge in [0, 0.05) is 19.8 Å². The number of rotatable bonds is 5. The highest BCUT2D eigenvalue weighted by molar-refractivity contribution is 6.34. The van der Waals surface area contributed by atoms with E-state index in [1.165, 1.54) is 4.90 Å². The molecule has 3 N–H and O–H groups in total. The molecule has 0 aromatic heterocycles. The summed E-state index contributed by atoms with van der Waals surface area (Å²) in [6.45, 7) is 4.01. The second-order valence-corrected chi connectivity index (χ2v) is 6.03. The topological polar surface area (TPSA) is 75.4 Å². The van der Waals surface area contributed by atoms with Crippen LogP contribution in [0.1, 0.15) is 30.6 Å². The molecular formula is C15H22ClN3O2. The van der Waals surface area contributed by atoms with Crippen LogP contribution >= 0.6 is 11.6 Å². The molecular weight excluding hydrogens is 290 g/mol. The Kier molecular flexibility index (Phi) is 6.18. The summed E-state index contributed by atoms with van der Waals surface area (Å²) in [7, 11) is 3.28. The summed E-state index contributed by atoms with van der Waals surface area (Å²) in [5.41, 5.74) is 6.68. The van der Waals surface area contributed by atoms with Gasteiger partial charge in [-0.05, 0) is 30.5 Å². The van der Waals surface area contributed by atoms with Crippen molar-refractivity contribution in [1.29, 1.82) is 0 Å². The van der Waals surface area contributed by atoms with Crippen LogP contribution in [0, 0.1) is 5.92 Å². The Balaban J connectivity index is 2.88. The maximum absolute atomic E-state index is 12.0. The number of carbonyl (C=O) groups excluding carboxylic acids is 2. The number of carbonyl (C=O) groups is 2. The first kappa shape index (κ1) is 17.5. The fraction of sp³-hybridized carbons (Fsp3) is 0.467. The predicted molar refractivity (Wildman–Crippen MR) is 85.5 cm³/mol. The third-order valence-electron chi connectivity index (χ3n) is 2.93. The Morgan fingerprint density at radius 3 is 2.48 bits per heavy atom. The molecule has 0 aliphatic carbocycles. The van der Waals surface area contributed by atoms with Crippen molar-refractivity contribution in [2.45, 2.75) is 26.3 Å². The lowest BCUT2D eigenvalue weighted by molar-refractivity contribution is -0.117. The lowest BCUT2D eigenvalue weighted by atomic mass is 10.0. The van der Waals surface area contributed by atoms with Gasteiger partial charge in [-0.15, -0.1) is 0 Å². The molecule has 21 heavy (non-hydrogen) atoms. The first-order valence-corrected chi connectivity index (χ1v) is 7.17. The fourth-order valence-electron chi connectivity index (χ4n) is 1.86. The monoisotopic (exact) mass is 311 g/mol. The zero-order valence-electron chi connectivity index (χ0n) is 12.8. The average molecular weight is 312 g/mol. The third kappa shape index (κ3) is 5.02. The van der Waals surface area contributed by atoms with Crippen LogP contribution in [0.2, 0.25) is 5.02 Å². The molecule has 0 fully saturated rings. The highest BCUT2D eigenvalue weighted by Crippen LogP contribution is 2.22. The van der Waals surface area contributed by atoms with Crippen LogP contribution in [0.3, 0.4) is 0 Å². The molecule has 0 heterocycles. The van der Waals surface area contributed by atoms with Crippen molar-refractivity contribution < 1.29 is 9.59 Å². The fourth-order valence-corrected chi connectivity index (χ4v) is 2.06. The average Bonchev–Trinajstić information content (AvgIpc) is 2.39. The van der Waals surface area contributed by atoms with Crippen molar-refractivity contribution in [1.82, 2.24) is 4.90 Å². The molecule has 0 saturated carbocycles. The minimum Gasteiger partial charge on any atom is -0.345 e. The molecule has 1 aromatic carbocycles. The van der Waals surface area contributed by atoms with Gasteiger partial charge in [-0.3, -0.25) is 9.59 Å². The highest BCUT2D eigenvalue weighted by Gasteiger charge is 2.17. The summed E-state index contributed by atoms with van der Waals surface area (Å²) in [5.74, 6) is -0.154. The maximum atomic E-state index is 12.0. The summed E-state index contributed by atoms with van der Waals surface area (Å²) in [6.07, 6.45) is 0.600. The van der Waals surface area contributed by atoms with Crippen LogP contribution in [0.15, 0.2) is 18.2 Å². The number of halogens is 1. The van der Waals surface area contributed by atoms with Gasteiger partial charge in [-0.25, -0.2) is 0 Å². The van der Waals surface area contributed by atoms with Gasteiger partial charge in [-0.1, -0.05) is 25.4 Å². The molecule has 0 bridgehead atoms. The number of nitrogens with two attached hydrogens (primary N) is 1. The van der Waals surface area contributed by atoms with E-state index in [9.17, 15) is 9.59 Å². The smallest absolute Gasteiger partial charge is 0.254 e. The number of hydrogen-bond acceptors (Lipinski definition) is 3. The molecule has 1 unspecified atom stereocenters. The van der Waals surface area contributed by atoms with E-state index in [1.807, 2.05) is 13.8 Å². The minimum absolute atomic E-state index is 0.220. The lowest BCUT2D eigenvalue weighted by Gasteiger charge is -2.16. The second kappa shape index (κ2) is 7.43. The van der Waals surface area contributed by atoms with E-state index in [4.69, 9.17) is 17.3 Å². The molecule has 1 rings (SSSR count). The van der Waals surface area contributed by atoms with E-state index < -0.39 is 6.04 Å². The SMILES string of the molecule is CC(C)CC(N)C(=O)Nc1ccc(Cl)c(C(=O)N(C)C)c1. The van der Waals surface area contributed by atoms with Crippen molar-refractivity contribution in [3.05, 3.63) is 28.8 Å². The van der Waals surface area contributed by atoms with Gasteiger partial charge in [0.25, 0.3) is 5.91 Å². The summed E-state index contributed by atoms with van der Waals surface area (Å²) in [4.78, 5) is 25.4. The highest BCUT2D eigenvalue weighted by atomic mass is 35.5. The standard InChI is InChI=1S/C15H22ClN3O2/c1-9(2)7-13(17)14(20)18-10-5-6-12(16)11(8-10)15(21)19(3)4/h5-6,8-9,13H,7,17H2,1-4H3,(H,18,20). The molecule has 1 aromatic rings. The van der Waals surface area contributed by atoms with Gasteiger partial charge in [0.15, 0.2) is 0 Å². The molecule has 0 aliphatic rings. The molecule has 1 atom stereocenters. The number of nitrogens with zero attached hydrogens (tertiary/aromatic N) is 1. The normalized spacial score (nSPS) is 12.1. The first-order valence-electron chi connectivity index (χ1n) is 6.80. The van der Waals surface area contributed by atoms with E-state index >= 15 is 0 Å². The van der Waals surface area contributed by atoms with Crippen LogP contribution in [0.5, 0.6) is 0 Å². The number of anilines is 1. The third-order valence-corrected chi connectivity index (χ3v) is 3.26. The zero-order valence-corrected chi connectivity index (χ0v) is 13.6. The predicted octanol–water partition coefficient (Wildman–Crippen LogP) is 2.35. The van der Waals surface area contributed by atoms with Crippen LogP contribution < -0.4 is 11.1 Å². The molecule has 0 radical (unpaired) electrons. The van der Waals surface area contributed by atoms with Crippen molar-refractivity contribution in [2.75, 3.05) is 19.4 Å². The second-order valence-electron chi connectivity index (χ2n) is 5.62. The van der Waals surface area contributed by atoms with Crippen LogP contribution in [0.25, 0.3) is 0 Å². The van der Waals surface area contributed by atoms with Gasteiger partial charge >= 0.3 is 0 Å². The van der Waals surface area contributed by atoms with Gasteiger partial charge < -0.3 is 16.0 Å². The van der Waals surface area contributed by atoms with Crippen LogP contribution in [0.4, 0.5) is 5.69 Å². The lowest BCUT2D eigenvalue weighted by Crippen LogP contribution is -2.36. The van der Waals surface area contributed by atoms with Crippen LogP contribution in [-0.2, 0) is 4.79 Å². The van der Waals surface area contributed by atoms with Crippen molar-refractivity contribution in [2.24, 2.45) is 11.7 Å². The Labute approximate surface area is 130 Å². The number of benzene rings is 1. The summed E-state index contributed by atoms with van der Waals surface area (Å²) >= 11 is 6.02. The number of hydrogen-bond donors (Lipinski definition) is 2. The quantitative estimate of drug-likeness (QED) is 0.876. The van der Waals surface area contributed by atoms with Gasteiger partial charge in [0.05, 0.1) is 16.6 Å². The van der Waals surface area contributed by atoms with Crippen molar-refractivity contribution >= 4 is 29.1 Å². The van der Waals surface area contributed by atoms with Gasteiger partial charge in [0.1, 0.15) is 0 Å². The Morgan fingerprint density at radius 1 is 1.33 bits per heavy atom. The molecule has 0 saturated heterocycles. The maximum Gasteiger partial charge on any atom is 0.254 e. The van der Waals surface area contributed by atoms with E-state index in [-0.39, 0.29) is 11.8 Å². The van der Waals surface area contributed by atoms with Gasteiger partial charge in [0.2, 0.25) is 5.91 Å². The summed E-state index contributed by atoms with van der Waals surface area (Å²) < 4.78 is 0. The Morgan fingerprint density at radius 2 is 1.95 bits per heavy atom. The van der Waals surface area contributed by atoms with E-state index in [0.717, 1.165) is 0 Å². The molecule has 116 valence electrons. The molecule has 6 heteroatoms. The van der Waals surface area contributed by atoms with E-state index in [0.29, 0.717) is 28.6 Å². The first-order chi connectivity index (χ1) is 9.72. The Bertz CT molecular complexity index is 530. The number of nitrogens with one attached hydrogen (secondary N) is 1. The summed E-state index contributed by atoms with van der Waals surface area (Å²) in [5, 5.41) is 3.06. The summed E-state index contributed by atoms with van der Waals surface area (Å²) in [6, 6.07) is 4.22. The number of amides is 2. The van der Waals surface area contributed by atoms with Crippen LogP contribution in [-0.4, -0.2) is 36.9 Å². The van der Waals surface area contributed by atoms with E-state index in [1.54, 1.807) is 32.3 Å². The minimum atomic E-state index is -0.575. The van der Waals surface area contributed by atoms with E-state index in [2.05, 4.69) is 5.32 Å². The van der Waals surface area contributed by atoms with Crippen molar-refractivity contribution in [3.63, 3.8) is 0 Å².